The van der Waals surface area contributed by atoms with E-state index in [0.717, 1.165) is 15.6 Å². The standard InChI is InChI=1S/C13H11Br2ClO2/c1-7-2-3-8(10(16)4-7)5-11(17)12-6-9(14)13(15)18-12/h2-4,6,11,17H,5H2,1H3. The van der Waals surface area contributed by atoms with Crippen LogP contribution in [0.2, 0.25) is 5.02 Å². The number of rotatable bonds is 3. The number of aryl methyl sites for hydroxylation is 1. The van der Waals surface area contributed by atoms with Gasteiger partial charge in [0.1, 0.15) is 11.9 Å². The normalized spacial score (nSPS) is 12.7. The molecule has 0 spiro atoms. The first-order chi connectivity index (χ1) is 8.47. The third-order valence-corrected chi connectivity index (χ3v) is 4.68. The van der Waals surface area contributed by atoms with Gasteiger partial charge >= 0.3 is 0 Å². The zero-order valence-corrected chi connectivity index (χ0v) is 13.5. The van der Waals surface area contributed by atoms with Gasteiger partial charge in [-0.1, -0.05) is 23.7 Å². The van der Waals surface area contributed by atoms with Gasteiger partial charge in [-0.15, -0.1) is 0 Å². The van der Waals surface area contributed by atoms with E-state index in [1.54, 1.807) is 6.07 Å². The molecule has 0 aliphatic heterocycles. The fourth-order valence-corrected chi connectivity index (χ4v) is 2.57. The van der Waals surface area contributed by atoms with Crippen molar-refractivity contribution in [2.24, 2.45) is 0 Å². The van der Waals surface area contributed by atoms with Gasteiger partial charge in [-0.05, 0) is 62.0 Å². The molecule has 0 bridgehead atoms. The van der Waals surface area contributed by atoms with Crippen LogP contribution in [0.1, 0.15) is 23.0 Å². The molecule has 2 nitrogen and oxygen atoms in total. The first kappa shape index (κ1) is 14.1. The summed E-state index contributed by atoms with van der Waals surface area (Å²) in [6.45, 7) is 1.98. The largest absolute Gasteiger partial charge is 0.450 e. The molecule has 0 saturated carbocycles. The number of aliphatic hydroxyl groups excluding tert-OH is 1. The molecular weight excluding hydrogens is 383 g/mol. The molecule has 0 amide bonds. The Morgan fingerprint density at radius 1 is 1.33 bits per heavy atom. The monoisotopic (exact) mass is 392 g/mol. The van der Waals surface area contributed by atoms with E-state index in [4.69, 9.17) is 16.0 Å². The molecule has 18 heavy (non-hydrogen) atoms. The van der Waals surface area contributed by atoms with Gasteiger partial charge in [0.05, 0.1) is 4.47 Å². The summed E-state index contributed by atoms with van der Waals surface area (Å²) in [5.74, 6) is 0.505. The summed E-state index contributed by atoms with van der Waals surface area (Å²) in [5, 5.41) is 10.8. The van der Waals surface area contributed by atoms with Crippen molar-refractivity contribution < 1.29 is 9.52 Å². The van der Waals surface area contributed by atoms with Gasteiger partial charge in [0.2, 0.25) is 0 Å². The van der Waals surface area contributed by atoms with Gasteiger partial charge in [0.15, 0.2) is 4.67 Å². The Bertz CT molecular complexity index is 547. The number of furan rings is 1. The fraction of sp³-hybridized carbons (Fsp3) is 0.231. The van der Waals surface area contributed by atoms with E-state index < -0.39 is 6.10 Å². The second-order valence-corrected chi connectivity index (χ2v) is 6.07. The van der Waals surface area contributed by atoms with Gasteiger partial charge in [0.25, 0.3) is 0 Å². The van der Waals surface area contributed by atoms with Crippen LogP contribution in [0.4, 0.5) is 0 Å². The molecule has 0 aliphatic carbocycles. The lowest BCUT2D eigenvalue weighted by molar-refractivity contribution is 0.149. The topological polar surface area (TPSA) is 33.4 Å². The van der Waals surface area contributed by atoms with Crippen LogP contribution in [0.15, 0.2) is 37.8 Å². The van der Waals surface area contributed by atoms with Crippen molar-refractivity contribution in [2.45, 2.75) is 19.4 Å². The Balaban J connectivity index is 2.18. The first-order valence-electron chi connectivity index (χ1n) is 5.35. The van der Waals surface area contributed by atoms with Crippen LogP contribution in [0.5, 0.6) is 0 Å². The minimum Gasteiger partial charge on any atom is -0.450 e. The molecule has 1 aromatic heterocycles. The molecule has 96 valence electrons. The third kappa shape index (κ3) is 3.18. The van der Waals surface area contributed by atoms with Crippen LogP contribution in [0.3, 0.4) is 0 Å². The van der Waals surface area contributed by atoms with Crippen LogP contribution < -0.4 is 0 Å². The van der Waals surface area contributed by atoms with Crippen LogP contribution in [0.25, 0.3) is 0 Å². The van der Waals surface area contributed by atoms with Crippen molar-refractivity contribution in [2.75, 3.05) is 0 Å². The van der Waals surface area contributed by atoms with Gasteiger partial charge in [0, 0.05) is 11.4 Å². The van der Waals surface area contributed by atoms with Crippen molar-refractivity contribution in [1.82, 2.24) is 0 Å². The van der Waals surface area contributed by atoms with Crippen molar-refractivity contribution in [1.29, 1.82) is 0 Å². The number of hydrogen-bond acceptors (Lipinski definition) is 2. The number of hydrogen-bond donors (Lipinski definition) is 1. The van der Waals surface area contributed by atoms with Gasteiger partial charge in [-0.2, -0.15) is 0 Å². The Morgan fingerprint density at radius 3 is 2.61 bits per heavy atom. The number of benzene rings is 1. The van der Waals surface area contributed by atoms with E-state index in [0.29, 0.717) is 21.9 Å². The van der Waals surface area contributed by atoms with E-state index in [2.05, 4.69) is 31.9 Å². The van der Waals surface area contributed by atoms with Crippen molar-refractivity contribution in [3.8, 4) is 0 Å². The third-order valence-electron chi connectivity index (χ3n) is 2.61. The molecule has 1 heterocycles. The predicted octanol–water partition coefficient (Wildman–Crippen LogP) is 5.04. The van der Waals surface area contributed by atoms with Crippen molar-refractivity contribution in [3.05, 3.63) is 55.3 Å². The molecule has 2 aromatic rings. The average Bonchev–Trinajstić information content (AvgIpc) is 2.63. The maximum Gasteiger partial charge on any atom is 0.183 e. The smallest absolute Gasteiger partial charge is 0.183 e. The quantitative estimate of drug-likeness (QED) is 0.791. The molecule has 5 heteroatoms. The highest BCUT2D eigenvalue weighted by Gasteiger charge is 2.16. The average molecular weight is 394 g/mol. The predicted molar refractivity (Wildman–Crippen MR) is 79.0 cm³/mol. The number of halogens is 3. The highest BCUT2D eigenvalue weighted by atomic mass is 79.9. The molecule has 0 radical (unpaired) electrons. The van der Waals surface area contributed by atoms with Gasteiger partial charge in [-0.25, -0.2) is 0 Å². The SMILES string of the molecule is Cc1ccc(CC(O)c2cc(Br)c(Br)o2)c(Cl)c1. The summed E-state index contributed by atoms with van der Waals surface area (Å²) in [6.07, 6.45) is -0.293. The second-order valence-electron chi connectivity index (χ2n) is 4.09. The summed E-state index contributed by atoms with van der Waals surface area (Å²) < 4.78 is 6.75. The maximum absolute atomic E-state index is 10.1. The molecule has 1 atom stereocenters. The molecule has 1 unspecified atom stereocenters. The molecule has 1 aromatic carbocycles. The lowest BCUT2D eigenvalue weighted by Crippen LogP contribution is -2.01. The molecule has 2 rings (SSSR count). The summed E-state index contributed by atoms with van der Waals surface area (Å²) in [5.41, 5.74) is 2.00. The van der Waals surface area contributed by atoms with Crippen molar-refractivity contribution >= 4 is 43.5 Å². The fourth-order valence-electron chi connectivity index (χ4n) is 1.65. The van der Waals surface area contributed by atoms with Gasteiger partial charge in [-0.3, -0.25) is 0 Å². The lowest BCUT2D eigenvalue weighted by atomic mass is 10.0. The Hall–Kier alpha value is -0.290. The summed E-state index contributed by atoms with van der Waals surface area (Å²) in [6, 6.07) is 7.53. The molecular formula is C13H11Br2ClO2. The van der Waals surface area contributed by atoms with E-state index in [-0.39, 0.29) is 0 Å². The van der Waals surface area contributed by atoms with Crippen LogP contribution in [0, 0.1) is 6.92 Å². The molecule has 0 aliphatic rings. The summed E-state index contributed by atoms with van der Waals surface area (Å²) in [4.78, 5) is 0. The zero-order valence-electron chi connectivity index (χ0n) is 9.58. The maximum atomic E-state index is 10.1. The minimum atomic E-state index is -0.715. The van der Waals surface area contributed by atoms with E-state index in [1.165, 1.54) is 0 Å². The van der Waals surface area contributed by atoms with E-state index in [1.807, 2.05) is 25.1 Å². The molecule has 0 fully saturated rings. The molecule has 0 saturated heterocycles. The lowest BCUT2D eigenvalue weighted by Gasteiger charge is -2.09. The highest BCUT2D eigenvalue weighted by Crippen LogP contribution is 2.32. The Labute approximate surface area is 127 Å². The number of aliphatic hydroxyl groups is 1. The first-order valence-corrected chi connectivity index (χ1v) is 7.31. The summed E-state index contributed by atoms with van der Waals surface area (Å²) >= 11 is 12.7. The Morgan fingerprint density at radius 2 is 2.06 bits per heavy atom. The molecule has 1 N–H and O–H groups in total. The zero-order chi connectivity index (χ0) is 13.3. The van der Waals surface area contributed by atoms with Crippen molar-refractivity contribution in [3.63, 3.8) is 0 Å². The Kier molecular flexibility index (Phi) is 4.54. The van der Waals surface area contributed by atoms with Crippen LogP contribution >= 0.6 is 43.5 Å². The minimum absolute atomic E-state index is 0.422. The van der Waals surface area contributed by atoms with Crippen LogP contribution in [-0.2, 0) is 6.42 Å². The van der Waals surface area contributed by atoms with E-state index >= 15 is 0 Å². The van der Waals surface area contributed by atoms with Crippen LogP contribution in [-0.4, -0.2) is 5.11 Å². The highest BCUT2D eigenvalue weighted by molar-refractivity contribution is 9.13. The van der Waals surface area contributed by atoms with E-state index in [9.17, 15) is 5.11 Å². The summed E-state index contributed by atoms with van der Waals surface area (Å²) in [7, 11) is 0. The second kappa shape index (κ2) is 5.78. The van der Waals surface area contributed by atoms with Gasteiger partial charge < -0.3 is 9.52 Å².